The molecule has 2 aromatic heterocycles. The summed E-state index contributed by atoms with van der Waals surface area (Å²) in [6, 6.07) is 12.0. The lowest BCUT2D eigenvalue weighted by Gasteiger charge is -2.26. The van der Waals surface area contributed by atoms with Gasteiger partial charge in [-0.2, -0.15) is 5.10 Å². The Hall–Kier alpha value is -2.77. The molecule has 0 unspecified atom stereocenters. The predicted molar refractivity (Wildman–Crippen MR) is 112 cm³/mol. The van der Waals surface area contributed by atoms with Crippen molar-refractivity contribution >= 4 is 11.6 Å². The van der Waals surface area contributed by atoms with Crippen molar-refractivity contribution in [3.05, 3.63) is 53.9 Å². The molecule has 0 spiro atoms. The Morgan fingerprint density at radius 3 is 2.69 bits per heavy atom. The van der Waals surface area contributed by atoms with Gasteiger partial charge in [0.15, 0.2) is 5.65 Å². The first-order valence-corrected chi connectivity index (χ1v) is 10.2. The molecule has 0 atom stereocenters. The molecular weight excluding hydrogens is 366 g/mol. The summed E-state index contributed by atoms with van der Waals surface area (Å²) >= 11 is 0. The lowest BCUT2D eigenvalue weighted by molar-refractivity contribution is 0.0383. The fourth-order valence-corrected chi connectivity index (χ4v) is 3.68. The van der Waals surface area contributed by atoms with E-state index in [2.05, 4.69) is 29.0 Å². The first-order valence-electron chi connectivity index (χ1n) is 10.2. The van der Waals surface area contributed by atoms with E-state index in [0.717, 1.165) is 55.4 Å². The third-order valence-corrected chi connectivity index (χ3v) is 5.20. The zero-order chi connectivity index (χ0) is 20.2. The number of ether oxygens (including phenoxy) is 1. The van der Waals surface area contributed by atoms with Crippen molar-refractivity contribution < 1.29 is 9.53 Å². The van der Waals surface area contributed by atoms with Gasteiger partial charge in [0.1, 0.15) is 0 Å². The summed E-state index contributed by atoms with van der Waals surface area (Å²) in [6.07, 6.45) is 1.67. The van der Waals surface area contributed by atoms with Crippen molar-refractivity contribution in [2.24, 2.45) is 0 Å². The molecule has 3 heterocycles. The molecule has 1 N–H and O–H groups in total. The predicted octanol–water partition coefficient (Wildman–Crippen LogP) is 2.58. The largest absolute Gasteiger partial charge is 0.379 e. The van der Waals surface area contributed by atoms with Crippen LogP contribution in [0.4, 0.5) is 0 Å². The third kappa shape index (κ3) is 4.31. The van der Waals surface area contributed by atoms with Gasteiger partial charge in [0, 0.05) is 44.0 Å². The van der Waals surface area contributed by atoms with Crippen molar-refractivity contribution in [2.45, 2.75) is 19.8 Å². The van der Waals surface area contributed by atoms with Crippen LogP contribution in [0.2, 0.25) is 0 Å². The second kappa shape index (κ2) is 8.71. The summed E-state index contributed by atoms with van der Waals surface area (Å²) in [5, 5.41) is 7.80. The minimum absolute atomic E-state index is 0.104. The Balaban J connectivity index is 1.56. The Labute approximate surface area is 170 Å². The Morgan fingerprint density at radius 1 is 1.21 bits per heavy atom. The topological polar surface area (TPSA) is 71.8 Å². The number of nitrogens with zero attached hydrogens (tertiary/aromatic N) is 4. The maximum atomic E-state index is 12.9. The zero-order valence-corrected chi connectivity index (χ0v) is 17.0. The van der Waals surface area contributed by atoms with Crippen LogP contribution in [0.5, 0.6) is 0 Å². The van der Waals surface area contributed by atoms with Crippen LogP contribution in [0.25, 0.3) is 16.9 Å². The highest BCUT2D eigenvalue weighted by atomic mass is 16.5. The highest BCUT2D eigenvalue weighted by Crippen LogP contribution is 2.24. The number of nitrogens with one attached hydrogen (secondary N) is 1. The maximum absolute atomic E-state index is 12.9. The van der Waals surface area contributed by atoms with Gasteiger partial charge in [0.2, 0.25) is 0 Å². The van der Waals surface area contributed by atoms with Crippen LogP contribution < -0.4 is 5.32 Å². The summed E-state index contributed by atoms with van der Waals surface area (Å²) in [5.41, 5.74) is 4.09. The van der Waals surface area contributed by atoms with Gasteiger partial charge < -0.3 is 10.1 Å². The number of benzene rings is 1. The Bertz CT molecular complexity index is 978. The maximum Gasteiger partial charge on any atom is 0.254 e. The van der Waals surface area contributed by atoms with Crippen LogP contribution in [0.3, 0.4) is 0 Å². The highest BCUT2D eigenvalue weighted by molar-refractivity contribution is 5.95. The van der Waals surface area contributed by atoms with Crippen molar-refractivity contribution in [2.75, 3.05) is 39.4 Å². The van der Waals surface area contributed by atoms with Crippen LogP contribution in [0.15, 0.2) is 42.6 Å². The normalized spacial score (nSPS) is 15.1. The van der Waals surface area contributed by atoms with Crippen LogP contribution in [-0.2, 0) is 4.74 Å². The van der Waals surface area contributed by atoms with E-state index in [-0.39, 0.29) is 11.8 Å². The molecule has 29 heavy (non-hydrogen) atoms. The van der Waals surface area contributed by atoms with Crippen LogP contribution >= 0.6 is 0 Å². The molecule has 1 amide bonds. The first kappa shape index (κ1) is 19.5. The van der Waals surface area contributed by atoms with E-state index < -0.39 is 0 Å². The molecule has 0 bridgehead atoms. The molecule has 0 saturated carbocycles. The summed E-state index contributed by atoms with van der Waals surface area (Å²) < 4.78 is 7.18. The van der Waals surface area contributed by atoms with E-state index in [1.165, 1.54) is 0 Å². The van der Waals surface area contributed by atoms with E-state index in [9.17, 15) is 4.79 Å². The number of morpholine rings is 1. The highest BCUT2D eigenvalue weighted by Gasteiger charge is 2.20. The average Bonchev–Trinajstić information content (AvgIpc) is 3.18. The molecule has 1 aliphatic rings. The Kier molecular flexibility index (Phi) is 5.87. The van der Waals surface area contributed by atoms with Gasteiger partial charge in [-0.3, -0.25) is 9.69 Å². The smallest absolute Gasteiger partial charge is 0.254 e. The number of amides is 1. The first-order chi connectivity index (χ1) is 14.1. The van der Waals surface area contributed by atoms with Crippen molar-refractivity contribution in [1.82, 2.24) is 24.8 Å². The Morgan fingerprint density at radius 2 is 1.97 bits per heavy atom. The van der Waals surface area contributed by atoms with Crippen LogP contribution in [-0.4, -0.2) is 64.8 Å². The van der Waals surface area contributed by atoms with Gasteiger partial charge in [-0.25, -0.2) is 9.50 Å². The number of aromatic nitrogens is 3. The minimum Gasteiger partial charge on any atom is -0.379 e. The van der Waals surface area contributed by atoms with Gasteiger partial charge in [0.25, 0.3) is 5.91 Å². The molecule has 0 aliphatic carbocycles. The molecule has 4 rings (SSSR count). The van der Waals surface area contributed by atoms with E-state index in [1.807, 2.05) is 40.9 Å². The van der Waals surface area contributed by atoms with Gasteiger partial charge in [-0.15, -0.1) is 0 Å². The van der Waals surface area contributed by atoms with E-state index in [0.29, 0.717) is 12.1 Å². The molecule has 1 aromatic carbocycles. The zero-order valence-electron chi connectivity index (χ0n) is 17.0. The van der Waals surface area contributed by atoms with Gasteiger partial charge >= 0.3 is 0 Å². The summed E-state index contributed by atoms with van der Waals surface area (Å²) in [4.78, 5) is 19.7. The molecule has 0 radical (unpaired) electrons. The minimum atomic E-state index is -0.104. The number of hydrogen-bond donors (Lipinski definition) is 1. The van der Waals surface area contributed by atoms with E-state index in [1.54, 1.807) is 6.20 Å². The van der Waals surface area contributed by atoms with Gasteiger partial charge in [0.05, 0.1) is 30.2 Å². The SMILES string of the molecule is CC(C)c1c(C(=O)NCCN2CCOCC2)cnc2cc(-c3ccccc3)nn12. The number of fused-ring (bicyclic) bond motifs is 1. The molecule has 3 aromatic rings. The summed E-state index contributed by atoms with van der Waals surface area (Å²) in [5.74, 6) is 0.0251. The quantitative estimate of drug-likeness (QED) is 0.697. The fraction of sp³-hybridized carbons (Fsp3) is 0.409. The molecule has 7 nitrogen and oxygen atoms in total. The lowest BCUT2D eigenvalue weighted by atomic mass is 10.0. The molecule has 152 valence electrons. The average molecular weight is 393 g/mol. The van der Waals surface area contributed by atoms with Crippen molar-refractivity contribution in [3.8, 4) is 11.3 Å². The van der Waals surface area contributed by atoms with Crippen molar-refractivity contribution in [3.63, 3.8) is 0 Å². The van der Waals surface area contributed by atoms with Crippen LogP contribution in [0, 0.1) is 0 Å². The molecule has 1 saturated heterocycles. The fourth-order valence-electron chi connectivity index (χ4n) is 3.68. The second-order valence-corrected chi connectivity index (χ2v) is 7.59. The van der Waals surface area contributed by atoms with Crippen LogP contribution in [0.1, 0.15) is 35.8 Å². The summed E-state index contributed by atoms with van der Waals surface area (Å²) in [6.45, 7) is 8.91. The van der Waals surface area contributed by atoms with E-state index >= 15 is 0 Å². The standard InChI is InChI=1S/C22H27N5O2/c1-16(2)21-18(22(28)23-8-9-26-10-12-29-13-11-26)15-24-20-14-19(25-27(20)21)17-6-4-3-5-7-17/h3-7,14-16H,8-13H2,1-2H3,(H,23,28). The second-order valence-electron chi connectivity index (χ2n) is 7.59. The van der Waals surface area contributed by atoms with Crippen molar-refractivity contribution in [1.29, 1.82) is 0 Å². The monoisotopic (exact) mass is 393 g/mol. The molecule has 1 aliphatic heterocycles. The number of hydrogen-bond acceptors (Lipinski definition) is 5. The molecule has 7 heteroatoms. The van der Waals surface area contributed by atoms with Gasteiger partial charge in [-0.1, -0.05) is 44.2 Å². The third-order valence-electron chi connectivity index (χ3n) is 5.20. The number of rotatable bonds is 6. The lowest BCUT2D eigenvalue weighted by Crippen LogP contribution is -2.41. The molecule has 1 fully saturated rings. The van der Waals surface area contributed by atoms with E-state index in [4.69, 9.17) is 9.84 Å². The molecular formula is C22H27N5O2. The van der Waals surface area contributed by atoms with Gasteiger partial charge in [-0.05, 0) is 5.92 Å². The number of carbonyl (C=O) groups excluding carboxylic acids is 1. The summed E-state index contributed by atoms with van der Waals surface area (Å²) in [7, 11) is 0. The number of carbonyl (C=O) groups is 1.